The van der Waals surface area contributed by atoms with E-state index in [0.717, 1.165) is 27.8 Å². The first-order valence-electron chi connectivity index (χ1n) is 19.3. The Hall–Kier alpha value is -4.86. The smallest absolute Gasteiger partial charge is 0.407 e. The summed E-state index contributed by atoms with van der Waals surface area (Å²) in [5.41, 5.74) is 1.53. The summed E-state index contributed by atoms with van der Waals surface area (Å²) in [6.45, 7) is 9.02. The van der Waals surface area contributed by atoms with Crippen LogP contribution in [0.4, 0.5) is 13.6 Å². The Labute approximate surface area is 331 Å². The number of nitrogens with zero attached hydrogens (tertiary/aromatic N) is 2. The normalized spacial score (nSPS) is 28.8. The summed E-state index contributed by atoms with van der Waals surface area (Å²) < 4.78 is 61.2. The predicted octanol–water partition coefficient (Wildman–Crippen LogP) is 5.13. The van der Waals surface area contributed by atoms with Crippen LogP contribution in [0.5, 0.6) is 0 Å². The molecule has 5 aliphatic rings. The maximum atomic E-state index is 14.6. The fourth-order valence-electron chi connectivity index (χ4n) is 7.80. The molecule has 1 saturated heterocycles. The van der Waals surface area contributed by atoms with Gasteiger partial charge in [0.05, 0.1) is 24.3 Å². The minimum atomic E-state index is -4.13. The summed E-state index contributed by atoms with van der Waals surface area (Å²) in [5.74, 6) is -4.53. The zero-order valence-corrected chi connectivity index (χ0v) is 33.5. The van der Waals surface area contributed by atoms with Crippen molar-refractivity contribution in [3.8, 4) is 11.1 Å². The Morgan fingerprint density at radius 3 is 2.40 bits per heavy atom. The van der Waals surface area contributed by atoms with Crippen LogP contribution >= 0.6 is 0 Å². The highest BCUT2D eigenvalue weighted by molar-refractivity contribution is 7.91. The second kappa shape index (κ2) is 14.8. The van der Waals surface area contributed by atoms with E-state index in [2.05, 4.69) is 21.9 Å². The van der Waals surface area contributed by atoms with Crippen LogP contribution in [0.2, 0.25) is 0 Å². The largest absolute Gasteiger partial charge is 0.449 e. The lowest BCUT2D eigenvalue weighted by Crippen LogP contribution is -2.60. The molecule has 5 atom stereocenters. The summed E-state index contributed by atoms with van der Waals surface area (Å²) >= 11 is 0. The van der Waals surface area contributed by atoms with Gasteiger partial charge in [-0.05, 0) is 65.7 Å². The van der Waals surface area contributed by atoms with Gasteiger partial charge in [-0.15, -0.1) is 0 Å². The van der Waals surface area contributed by atoms with E-state index >= 15 is 0 Å². The van der Waals surface area contributed by atoms with Gasteiger partial charge >= 0.3 is 6.09 Å². The van der Waals surface area contributed by atoms with Gasteiger partial charge in [-0.25, -0.2) is 22.0 Å². The molecule has 7 rings (SSSR count). The van der Waals surface area contributed by atoms with Crippen molar-refractivity contribution in [3.05, 3.63) is 65.2 Å². The molecular weight excluding hydrogens is 761 g/mol. The zero-order chi connectivity index (χ0) is 41.1. The number of sulfonamides is 1. The first kappa shape index (κ1) is 40.3. The van der Waals surface area contributed by atoms with E-state index in [4.69, 9.17) is 9.57 Å². The fourth-order valence-corrected chi connectivity index (χ4v) is 9.16. The molecule has 13 nitrogen and oxygen atoms in total. The summed E-state index contributed by atoms with van der Waals surface area (Å²) in [4.78, 5) is 62.9. The van der Waals surface area contributed by atoms with Gasteiger partial charge in [-0.2, -0.15) is 0 Å². The van der Waals surface area contributed by atoms with E-state index in [1.165, 1.54) is 4.90 Å². The van der Waals surface area contributed by atoms with Gasteiger partial charge in [-0.3, -0.25) is 19.1 Å². The Kier molecular flexibility index (Phi) is 10.5. The molecule has 2 heterocycles. The van der Waals surface area contributed by atoms with Crippen molar-refractivity contribution in [2.75, 3.05) is 13.2 Å². The van der Waals surface area contributed by atoms with Crippen LogP contribution in [-0.2, 0) is 34.0 Å². The number of ether oxygens (including phenoxy) is 1. The van der Waals surface area contributed by atoms with Gasteiger partial charge in [-0.1, -0.05) is 88.3 Å². The maximum absolute atomic E-state index is 14.6. The standard InChI is InChI=1S/C41H49F2N5O8S/c1-39(2,3)33-36(50)48-21-24(19-31(48)35(49)45-41(20-30(41)34(42)43)37(51)47-57(53,54)25-14-15-25)56-46-32-28-12-7-6-11-26(28)27-16-13-23(18-29(27)32)10-8-9-17-40(4,5)22-55-38(52)44-33/h6-8,10-13,16,18,24-25,30-31,33-34H,9,14-15,17,19-22H2,1-5H3,(H,44,52)(H,45,49)(H,47,51)/b10-8+,46-32+/t24-,30+,31+,33-,41+/m1/s1. The Morgan fingerprint density at radius 1 is 1.04 bits per heavy atom. The van der Waals surface area contributed by atoms with Crippen molar-refractivity contribution in [1.29, 1.82) is 0 Å². The number of rotatable bonds is 6. The Morgan fingerprint density at radius 2 is 1.74 bits per heavy atom. The number of benzene rings is 2. The van der Waals surface area contributed by atoms with E-state index in [0.29, 0.717) is 31.4 Å². The summed E-state index contributed by atoms with van der Waals surface area (Å²) in [6.07, 6.45) is 0.723. The molecule has 0 spiro atoms. The second-order valence-electron chi connectivity index (χ2n) is 17.7. The number of cyclic esters (lactones) is 1. The van der Waals surface area contributed by atoms with Crippen LogP contribution in [0.25, 0.3) is 17.2 Å². The van der Waals surface area contributed by atoms with Crippen LogP contribution in [0.3, 0.4) is 0 Å². The van der Waals surface area contributed by atoms with Crippen molar-refractivity contribution < 1.29 is 46.0 Å². The van der Waals surface area contributed by atoms with Gasteiger partial charge in [0.1, 0.15) is 29.4 Å². The molecule has 16 heteroatoms. The minimum absolute atomic E-state index is 0.0607. The summed E-state index contributed by atoms with van der Waals surface area (Å²) in [5, 5.41) is 8.93. The third kappa shape index (κ3) is 8.28. The molecule has 306 valence electrons. The molecule has 0 unspecified atom stereocenters. The maximum Gasteiger partial charge on any atom is 0.407 e. The van der Waals surface area contributed by atoms with Gasteiger partial charge in [0.25, 0.3) is 5.91 Å². The van der Waals surface area contributed by atoms with Crippen LogP contribution in [0.1, 0.15) is 89.8 Å². The molecule has 57 heavy (non-hydrogen) atoms. The molecule has 3 aliphatic carbocycles. The highest BCUT2D eigenvalue weighted by Gasteiger charge is 2.67. The number of carbonyl (C=O) groups excluding carboxylic acids is 4. The lowest BCUT2D eigenvalue weighted by atomic mass is 9.85. The third-order valence-corrected chi connectivity index (χ3v) is 13.3. The van der Waals surface area contributed by atoms with Crippen LogP contribution in [0.15, 0.2) is 53.7 Å². The lowest BCUT2D eigenvalue weighted by molar-refractivity contribution is -0.143. The van der Waals surface area contributed by atoms with Gasteiger partial charge in [0.15, 0.2) is 0 Å². The predicted molar refractivity (Wildman–Crippen MR) is 207 cm³/mol. The molecule has 0 aromatic heterocycles. The highest BCUT2D eigenvalue weighted by atomic mass is 32.2. The fraction of sp³-hybridized carbons (Fsp3) is 0.537. The first-order valence-corrected chi connectivity index (χ1v) is 20.9. The number of alkyl carbamates (subject to hydrolysis) is 1. The molecule has 4 amide bonds. The van der Waals surface area contributed by atoms with E-state index in [1.54, 1.807) is 20.8 Å². The number of amides is 4. The summed E-state index contributed by atoms with van der Waals surface area (Å²) in [7, 11) is -4.13. The number of halogens is 2. The van der Waals surface area contributed by atoms with E-state index < -0.39 is 92.4 Å². The third-order valence-electron chi connectivity index (χ3n) is 11.4. The molecule has 2 aromatic carbocycles. The summed E-state index contributed by atoms with van der Waals surface area (Å²) in [6, 6.07) is 11.2. The van der Waals surface area contributed by atoms with Crippen LogP contribution in [0, 0.1) is 16.7 Å². The number of carbonyl (C=O) groups is 4. The number of hydrogen-bond donors (Lipinski definition) is 3. The number of nitrogens with one attached hydrogen (secondary N) is 3. The second-order valence-corrected chi connectivity index (χ2v) is 19.6. The number of oxime groups is 1. The van der Waals surface area contributed by atoms with Crippen molar-refractivity contribution in [2.45, 2.75) is 109 Å². The number of fused-ring (bicyclic) bond motifs is 6. The van der Waals surface area contributed by atoms with Crippen molar-refractivity contribution in [1.82, 2.24) is 20.3 Å². The topological polar surface area (TPSA) is 173 Å². The van der Waals surface area contributed by atoms with Crippen molar-refractivity contribution >= 4 is 45.6 Å². The molecule has 3 fully saturated rings. The molecule has 3 N–H and O–H groups in total. The van der Waals surface area contributed by atoms with E-state index in [-0.39, 0.29) is 19.6 Å². The molecule has 4 bridgehead atoms. The average Bonchev–Trinajstić information content (AvgIpc) is 4.06. The molecule has 2 aromatic rings. The number of alkyl halides is 2. The molecule has 2 aliphatic heterocycles. The Balaban J connectivity index is 1.24. The van der Waals surface area contributed by atoms with E-state index in [1.807, 2.05) is 67.1 Å². The van der Waals surface area contributed by atoms with Gasteiger partial charge in [0.2, 0.25) is 28.3 Å². The zero-order valence-electron chi connectivity index (χ0n) is 32.6. The van der Waals surface area contributed by atoms with Crippen molar-refractivity contribution in [3.63, 3.8) is 0 Å². The quantitative estimate of drug-likeness (QED) is 0.308. The number of allylic oxidation sites excluding steroid dienone is 1. The lowest BCUT2D eigenvalue weighted by Gasteiger charge is -2.35. The minimum Gasteiger partial charge on any atom is -0.449 e. The average molecular weight is 810 g/mol. The molecule has 0 radical (unpaired) electrons. The highest BCUT2D eigenvalue weighted by Crippen LogP contribution is 2.48. The first-order chi connectivity index (χ1) is 26.8. The van der Waals surface area contributed by atoms with Crippen LogP contribution in [-0.4, -0.2) is 91.4 Å². The Bertz CT molecular complexity index is 2150. The molecular formula is C41H49F2N5O8S. The van der Waals surface area contributed by atoms with Crippen LogP contribution < -0.4 is 15.4 Å². The monoisotopic (exact) mass is 809 g/mol. The van der Waals surface area contributed by atoms with Gasteiger partial charge < -0.3 is 25.1 Å². The number of hydrogen-bond acceptors (Lipinski definition) is 9. The van der Waals surface area contributed by atoms with Gasteiger partial charge in [0, 0.05) is 17.5 Å². The molecule has 2 saturated carbocycles. The van der Waals surface area contributed by atoms with Crippen molar-refractivity contribution in [2.24, 2.45) is 21.9 Å². The SMILES string of the molecule is CC1(C)CC/C=C/c2ccc3c(c2)/C(=N/O[C@@H]2C[C@@H](C(=O)N[C@@]4(C(=O)NS(=O)(=O)C5CC5)C[C@H]4C(F)F)N(C2)C(=O)[C@H](C(C)(C)C)NC(=O)OC1)c1ccccc1-3. The van der Waals surface area contributed by atoms with E-state index in [9.17, 15) is 36.4 Å².